The molecule has 1 heterocycles. The molecular formula is C21H22N4O3. The Labute approximate surface area is 163 Å². The van der Waals surface area contributed by atoms with Gasteiger partial charge in [-0.15, -0.1) is 5.10 Å². The van der Waals surface area contributed by atoms with Crippen molar-refractivity contribution < 1.29 is 14.3 Å². The van der Waals surface area contributed by atoms with Crippen molar-refractivity contribution >= 4 is 11.8 Å². The summed E-state index contributed by atoms with van der Waals surface area (Å²) in [5.41, 5.74) is 2.96. The highest BCUT2D eigenvalue weighted by molar-refractivity contribution is 6.15. The van der Waals surface area contributed by atoms with Crippen molar-refractivity contribution in [1.29, 1.82) is 0 Å². The highest BCUT2D eigenvalue weighted by Crippen LogP contribution is 2.20. The standard InChI is InChI=1S/C21H22N4O3/c1-4-11-25-19(22-23-24-25)13-28-21(27)17-8-6-5-7-16(17)20(26)18-12-14(2)9-10-15(18)3/h5-10,12H,4,11,13H2,1-3H3. The van der Waals surface area contributed by atoms with Crippen LogP contribution in [-0.4, -0.2) is 32.0 Å². The summed E-state index contributed by atoms with van der Waals surface area (Å²) in [6, 6.07) is 12.4. The van der Waals surface area contributed by atoms with E-state index in [1.807, 2.05) is 39.0 Å². The van der Waals surface area contributed by atoms with Gasteiger partial charge in [0.05, 0.1) is 5.56 Å². The summed E-state index contributed by atoms with van der Waals surface area (Å²) in [6.45, 7) is 6.39. The lowest BCUT2D eigenvalue weighted by Gasteiger charge is -2.11. The zero-order chi connectivity index (χ0) is 20.1. The van der Waals surface area contributed by atoms with Gasteiger partial charge >= 0.3 is 5.97 Å². The van der Waals surface area contributed by atoms with Gasteiger partial charge in [0.2, 0.25) is 0 Å². The van der Waals surface area contributed by atoms with E-state index < -0.39 is 5.97 Å². The molecule has 3 rings (SSSR count). The number of hydrogen-bond acceptors (Lipinski definition) is 6. The first-order chi connectivity index (χ1) is 13.5. The van der Waals surface area contributed by atoms with Crippen LogP contribution in [0, 0.1) is 13.8 Å². The molecule has 0 bridgehead atoms. The Morgan fingerprint density at radius 2 is 1.79 bits per heavy atom. The SMILES string of the molecule is CCCn1nnnc1COC(=O)c1ccccc1C(=O)c1cc(C)ccc1C. The molecule has 7 nitrogen and oxygen atoms in total. The predicted molar refractivity (Wildman–Crippen MR) is 103 cm³/mol. The van der Waals surface area contributed by atoms with E-state index in [9.17, 15) is 9.59 Å². The van der Waals surface area contributed by atoms with Gasteiger partial charge in [0, 0.05) is 17.7 Å². The van der Waals surface area contributed by atoms with Crippen molar-refractivity contribution in [2.45, 2.75) is 40.3 Å². The van der Waals surface area contributed by atoms with E-state index in [0.717, 1.165) is 17.5 Å². The van der Waals surface area contributed by atoms with E-state index in [1.54, 1.807) is 28.9 Å². The third-order valence-corrected chi connectivity index (χ3v) is 4.40. The molecule has 0 aliphatic carbocycles. The molecule has 1 aromatic heterocycles. The lowest BCUT2D eigenvalue weighted by molar-refractivity contribution is 0.0454. The fourth-order valence-corrected chi connectivity index (χ4v) is 2.90. The number of carbonyl (C=O) groups is 2. The number of aromatic nitrogens is 4. The summed E-state index contributed by atoms with van der Waals surface area (Å²) in [6.07, 6.45) is 0.860. The van der Waals surface area contributed by atoms with Crippen LogP contribution >= 0.6 is 0 Å². The van der Waals surface area contributed by atoms with Crippen molar-refractivity contribution in [3.8, 4) is 0 Å². The normalized spacial score (nSPS) is 10.7. The van der Waals surface area contributed by atoms with Crippen molar-refractivity contribution in [2.75, 3.05) is 0 Å². The number of ketones is 1. The first-order valence-corrected chi connectivity index (χ1v) is 9.14. The van der Waals surface area contributed by atoms with Crippen LogP contribution in [0.15, 0.2) is 42.5 Å². The third-order valence-electron chi connectivity index (χ3n) is 4.40. The van der Waals surface area contributed by atoms with Crippen LogP contribution in [0.25, 0.3) is 0 Å². The molecule has 2 aromatic carbocycles. The van der Waals surface area contributed by atoms with E-state index in [4.69, 9.17) is 4.74 Å². The van der Waals surface area contributed by atoms with Crippen molar-refractivity contribution in [3.05, 3.63) is 76.1 Å². The fourth-order valence-electron chi connectivity index (χ4n) is 2.90. The minimum Gasteiger partial charge on any atom is -0.454 e. The predicted octanol–water partition coefficient (Wildman–Crippen LogP) is 3.29. The number of ether oxygens (including phenoxy) is 1. The maximum Gasteiger partial charge on any atom is 0.339 e. The van der Waals surface area contributed by atoms with Crippen molar-refractivity contribution in [2.24, 2.45) is 0 Å². The van der Waals surface area contributed by atoms with Gasteiger partial charge in [-0.25, -0.2) is 9.48 Å². The number of esters is 1. The van der Waals surface area contributed by atoms with E-state index in [0.29, 0.717) is 23.5 Å². The summed E-state index contributed by atoms with van der Waals surface area (Å²) < 4.78 is 6.98. The highest BCUT2D eigenvalue weighted by atomic mass is 16.5. The first-order valence-electron chi connectivity index (χ1n) is 9.14. The van der Waals surface area contributed by atoms with Gasteiger partial charge in [-0.2, -0.15) is 0 Å². The Bertz CT molecular complexity index is 1010. The topological polar surface area (TPSA) is 87.0 Å². The van der Waals surface area contributed by atoms with Gasteiger partial charge in [0.15, 0.2) is 18.2 Å². The van der Waals surface area contributed by atoms with Crippen molar-refractivity contribution in [1.82, 2.24) is 20.2 Å². The summed E-state index contributed by atoms with van der Waals surface area (Å²) in [5.74, 6) is -0.321. The molecular weight excluding hydrogens is 356 g/mol. The second-order valence-corrected chi connectivity index (χ2v) is 6.59. The van der Waals surface area contributed by atoms with Crippen LogP contribution in [0.4, 0.5) is 0 Å². The molecule has 0 saturated heterocycles. The van der Waals surface area contributed by atoms with Gasteiger partial charge in [-0.1, -0.05) is 42.8 Å². The molecule has 0 saturated carbocycles. The van der Waals surface area contributed by atoms with Crippen LogP contribution in [0.1, 0.15) is 56.6 Å². The molecule has 7 heteroatoms. The minimum absolute atomic E-state index is 0.0577. The maximum absolute atomic E-state index is 13.1. The van der Waals surface area contributed by atoms with Gasteiger partial charge in [-0.05, 0) is 48.4 Å². The molecule has 0 unspecified atom stereocenters. The molecule has 0 fully saturated rings. The number of nitrogens with zero attached hydrogens (tertiary/aromatic N) is 4. The number of hydrogen-bond donors (Lipinski definition) is 0. The van der Waals surface area contributed by atoms with Crippen LogP contribution < -0.4 is 0 Å². The number of tetrazole rings is 1. The largest absolute Gasteiger partial charge is 0.454 e. The summed E-state index contributed by atoms with van der Waals surface area (Å²) in [5, 5.41) is 11.4. The van der Waals surface area contributed by atoms with Crippen LogP contribution in [0.2, 0.25) is 0 Å². The zero-order valence-corrected chi connectivity index (χ0v) is 16.2. The minimum atomic E-state index is -0.583. The van der Waals surface area contributed by atoms with E-state index in [-0.39, 0.29) is 18.0 Å². The molecule has 3 aromatic rings. The molecule has 0 aliphatic rings. The van der Waals surface area contributed by atoms with E-state index in [2.05, 4.69) is 15.5 Å². The molecule has 28 heavy (non-hydrogen) atoms. The smallest absolute Gasteiger partial charge is 0.339 e. The Balaban J connectivity index is 1.83. The van der Waals surface area contributed by atoms with Crippen molar-refractivity contribution in [3.63, 3.8) is 0 Å². The average molecular weight is 378 g/mol. The lowest BCUT2D eigenvalue weighted by atomic mass is 9.94. The molecule has 0 radical (unpaired) electrons. The molecule has 144 valence electrons. The van der Waals surface area contributed by atoms with Gasteiger partial charge in [0.25, 0.3) is 0 Å². The third kappa shape index (κ3) is 4.14. The first kappa shape index (κ1) is 19.4. The highest BCUT2D eigenvalue weighted by Gasteiger charge is 2.21. The fraction of sp³-hybridized carbons (Fsp3) is 0.286. The van der Waals surface area contributed by atoms with Gasteiger partial charge in [0.1, 0.15) is 0 Å². The van der Waals surface area contributed by atoms with Gasteiger partial charge in [-0.3, -0.25) is 4.79 Å². The quantitative estimate of drug-likeness (QED) is 0.463. The molecule has 0 N–H and O–H groups in total. The Morgan fingerprint density at radius 1 is 1.04 bits per heavy atom. The number of benzene rings is 2. The second-order valence-electron chi connectivity index (χ2n) is 6.59. The molecule has 0 aliphatic heterocycles. The zero-order valence-electron chi connectivity index (χ0n) is 16.2. The number of rotatable bonds is 7. The summed E-state index contributed by atoms with van der Waals surface area (Å²) in [7, 11) is 0. The van der Waals surface area contributed by atoms with E-state index in [1.165, 1.54) is 0 Å². The lowest BCUT2D eigenvalue weighted by Crippen LogP contribution is -2.15. The van der Waals surface area contributed by atoms with Crippen LogP contribution in [0.5, 0.6) is 0 Å². The van der Waals surface area contributed by atoms with Gasteiger partial charge < -0.3 is 4.74 Å². The molecule has 0 spiro atoms. The Kier molecular flexibility index (Phi) is 5.93. The summed E-state index contributed by atoms with van der Waals surface area (Å²) in [4.78, 5) is 25.7. The molecule has 0 atom stereocenters. The summed E-state index contributed by atoms with van der Waals surface area (Å²) >= 11 is 0. The maximum atomic E-state index is 13.1. The number of aryl methyl sites for hydroxylation is 3. The van der Waals surface area contributed by atoms with Crippen LogP contribution in [0.3, 0.4) is 0 Å². The second kappa shape index (κ2) is 8.56. The monoisotopic (exact) mass is 378 g/mol. The number of carbonyl (C=O) groups excluding carboxylic acids is 2. The van der Waals surface area contributed by atoms with Crippen LogP contribution in [-0.2, 0) is 17.9 Å². The average Bonchev–Trinajstić information content (AvgIpc) is 3.15. The molecule has 0 amide bonds. The Hall–Kier alpha value is -3.35. The Morgan fingerprint density at radius 3 is 2.54 bits per heavy atom. The van der Waals surface area contributed by atoms with E-state index >= 15 is 0 Å².